The van der Waals surface area contributed by atoms with Crippen LogP contribution in [0.3, 0.4) is 0 Å². The van der Waals surface area contributed by atoms with Crippen molar-refractivity contribution < 1.29 is 0 Å². The molecular weight excluding hydrogens is 231 g/mol. The van der Waals surface area contributed by atoms with E-state index in [1.807, 2.05) is 0 Å². The largest absolute Gasteiger partial charge is 0.0654 e. The molecule has 1 radical (unpaired) electrons. The number of rotatable bonds is 13. The third-order valence-electron chi connectivity index (χ3n) is 3.46. The maximum atomic E-state index is 2.29. The van der Waals surface area contributed by atoms with Crippen molar-refractivity contribution >= 4 is 51.4 Å². The predicted molar refractivity (Wildman–Crippen MR) is 81.7 cm³/mol. The van der Waals surface area contributed by atoms with Gasteiger partial charge in [-0.1, -0.05) is 104 Å². The summed E-state index contributed by atoms with van der Waals surface area (Å²) in [6.07, 6.45) is 20.4. The topological polar surface area (TPSA) is 0 Å². The Kier molecular flexibility index (Phi) is 24.6. The molecule has 0 amide bonds. The van der Waals surface area contributed by atoms with Crippen molar-refractivity contribution in [3.05, 3.63) is 0 Å². The first-order chi connectivity index (χ1) is 7.91. The van der Waals surface area contributed by atoms with Crippen LogP contribution in [0.1, 0.15) is 104 Å². The monoisotopic (exact) mass is 265 g/mol. The first-order valence-electron chi connectivity index (χ1n) is 7.91. The normalized spacial score (nSPS) is 10.2. The molecule has 0 nitrogen and oxygen atoms in total. The summed E-state index contributed by atoms with van der Waals surface area (Å²) in [4.78, 5) is 0. The minimum absolute atomic E-state index is 0. The van der Waals surface area contributed by atoms with E-state index < -0.39 is 0 Å². The van der Waals surface area contributed by atoms with Crippen LogP contribution in [0.25, 0.3) is 0 Å². The predicted octanol–water partition coefficient (Wildman–Crippen LogP) is 6.11. The van der Waals surface area contributed by atoms with Crippen molar-refractivity contribution in [2.24, 2.45) is 0 Å². The van der Waals surface area contributed by atoms with Gasteiger partial charge in [0.25, 0.3) is 0 Å². The summed E-state index contributed by atoms with van der Waals surface area (Å²) in [5.74, 6) is 0. The number of unbranched alkanes of at least 4 members (excludes halogenated alkanes) is 13. The van der Waals surface area contributed by atoms with Gasteiger partial charge in [-0.15, -0.1) is 0 Å². The van der Waals surface area contributed by atoms with E-state index in [1.54, 1.807) is 0 Å². The summed E-state index contributed by atoms with van der Waals surface area (Å²) in [6.45, 7) is 4.58. The van der Waals surface area contributed by atoms with Gasteiger partial charge in [-0.25, -0.2) is 0 Å². The van der Waals surface area contributed by atoms with Crippen molar-refractivity contribution in [3.63, 3.8) is 0 Å². The molecule has 0 N–H and O–H groups in total. The average Bonchev–Trinajstić information content (AvgIpc) is 2.31. The molecule has 0 aliphatic carbocycles. The molecule has 0 atom stereocenters. The van der Waals surface area contributed by atoms with Gasteiger partial charge in [0.2, 0.25) is 0 Å². The zero-order valence-corrected chi connectivity index (χ0v) is 16.0. The van der Waals surface area contributed by atoms with E-state index in [4.69, 9.17) is 0 Å². The fourth-order valence-electron chi connectivity index (χ4n) is 2.27. The summed E-state index contributed by atoms with van der Waals surface area (Å²) in [5.41, 5.74) is 0. The molecule has 0 aliphatic rings. The molecule has 0 aromatic carbocycles. The maximum absolute atomic E-state index is 2.29. The minimum atomic E-state index is 0. The van der Waals surface area contributed by atoms with Crippen LogP contribution in [0, 0.1) is 0 Å². The van der Waals surface area contributed by atoms with Crippen LogP contribution in [0.15, 0.2) is 0 Å². The van der Waals surface area contributed by atoms with Crippen molar-refractivity contribution in [3.8, 4) is 0 Å². The van der Waals surface area contributed by atoms with E-state index in [9.17, 15) is 0 Å². The zero-order valence-electron chi connectivity index (χ0n) is 12.9. The molecule has 17 heavy (non-hydrogen) atoms. The fourth-order valence-corrected chi connectivity index (χ4v) is 2.27. The van der Waals surface area contributed by atoms with E-state index in [-0.39, 0.29) is 51.4 Å². The van der Waals surface area contributed by atoms with E-state index in [0.717, 1.165) is 0 Å². The van der Waals surface area contributed by atoms with Crippen molar-refractivity contribution in [1.82, 2.24) is 0 Å². The molecule has 0 fully saturated rings. The number of hydrogen-bond acceptors (Lipinski definition) is 0. The molecule has 0 heterocycles. The molecule has 1 heteroatoms. The van der Waals surface area contributed by atoms with E-state index in [0.29, 0.717) is 0 Å². The molecule has 0 bridgehead atoms. The standard InChI is InChI=1S/C16H34.K/c1-3-5-7-9-11-13-15-16-14-12-10-8-6-4-2;/h3-16H2,1-2H3;. The average molecular weight is 266 g/mol. The molecule has 0 aromatic rings. The second kappa shape index (κ2) is 20.0. The smallest absolute Gasteiger partial charge is 0 e. The van der Waals surface area contributed by atoms with Crippen molar-refractivity contribution in [2.45, 2.75) is 104 Å². The summed E-state index contributed by atoms with van der Waals surface area (Å²) >= 11 is 0. The third-order valence-corrected chi connectivity index (χ3v) is 3.46. The summed E-state index contributed by atoms with van der Waals surface area (Å²) in [5, 5.41) is 0. The molecule has 0 aromatic heterocycles. The van der Waals surface area contributed by atoms with Gasteiger partial charge in [-0.3, -0.25) is 0 Å². The van der Waals surface area contributed by atoms with Gasteiger partial charge in [0.15, 0.2) is 0 Å². The first kappa shape index (κ1) is 20.9. The van der Waals surface area contributed by atoms with Crippen LogP contribution in [0.4, 0.5) is 0 Å². The van der Waals surface area contributed by atoms with E-state index in [1.165, 1.54) is 89.9 Å². The number of hydrogen-bond donors (Lipinski definition) is 0. The Hall–Kier alpha value is 1.64. The van der Waals surface area contributed by atoms with Crippen molar-refractivity contribution in [2.75, 3.05) is 0 Å². The van der Waals surface area contributed by atoms with Gasteiger partial charge in [0.1, 0.15) is 0 Å². The Balaban J connectivity index is 0. The Bertz CT molecular complexity index is 98.1. The van der Waals surface area contributed by atoms with Gasteiger partial charge in [0, 0.05) is 51.4 Å². The first-order valence-corrected chi connectivity index (χ1v) is 7.91. The van der Waals surface area contributed by atoms with Crippen LogP contribution in [0.2, 0.25) is 0 Å². The Morgan fingerprint density at radius 2 is 0.529 bits per heavy atom. The van der Waals surface area contributed by atoms with Gasteiger partial charge in [-0.05, 0) is 0 Å². The maximum Gasteiger partial charge on any atom is 0 e. The van der Waals surface area contributed by atoms with Crippen LogP contribution in [0.5, 0.6) is 0 Å². The second-order valence-electron chi connectivity index (χ2n) is 5.24. The molecule has 0 rings (SSSR count). The summed E-state index contributed by atoms with van der Waals surface area (Å²) in [7, 11) is 0. The summed E-state index contributed by atoms with van der Waals surface area (Å²) < 4.78 is 0. The third kappa shape index (κ3) is 20.1. The molecule has 0 saturated carbocycles. The van der Waals surface area contributed by atoms with Gasteiger partial charge in [0.05, 0.1) is 0 Å². The summed E-state index contributed by atoms with van der Waals surface area (Å²) in [6, 6.07) is 0. The Morgan fingerprint density at radius 3 is 0.706 bits per heavy atom. The van der Waals surface area contributed by atoms with Gasteiger partial charge < -0.3 is 0 Å². The SMILES string of the molecule is CCCCCCCCCCCCCCCC.[K]. The molecule has 0 spiro atoms. The van der Waals surface area contributed by atoms with E-state index in [2.05, 4.69) is 13.8 Å². The van der Waals surface area contributed by atoms with Crippen molar-refractivity contribution in [1.29, 1.82) is 0 Å². The molecule has 99 valence electrons. The molecule has 0 saturated heterocycles. The van der Waals surface area contributed by atoms with Gasteiger partial charge >= 0.3 is 0 Å². The Labute approximate surface area is 153 Å². The van der Waals surface area contributed by atoms with Crippen LogP contribution in [-0.2, 0) is 0 Å². The van der Waals surface area contributed by atoms with Gasteiger partial charge in [-0.2, -0.15) is 0 Å². The van der Waals surface area contributed by atoms with E-state index >= 15 is 0 Å². The van der Waals surface area contributed by atoms with Crippen LogP contribution in [-0.4, -0.2) is 51.4 Å². The molecular formula is C16H34K. The zero-order chi connectivity index (χ0) is 11.9. The Morgan fingerprint density at radius 1 is 0.353 bits per heavy atom. The molecule has 0 aliphatic heterocycles. The van der Waals surface area contributed by atoms with Crippen LogP contribution < -0.4 is 0 Å². The quantitative estimate of drug-likeness (QED) is 0.278. The minimum Gasteiger partial charge on any atom is -0.0654 e. The molecule has 0 unspecified atom stereocenters. The van der Waals surface area contributed by atoms with Crippen LogP contribution >= 0.6 is 0 Å². The fraction of sp³-hybridized carbons (Fsp3) is 1.00. The second-order valence-corrected chi connectivity index (χ2v) is 5.24.